The molecule has 0 spiro atoms. The summed E-state index contributed by atoms with van der Waals surface area (Å²) in [7, 11) is 0. The lowest BCUT2D eigenvalue weighted by atomic mass is 9.82. The molecule has 30 heavy (non-hydrogen) atoms. The van der Waals surface area contributed by atoms with Crippen LogP contribution in [-0.4, -0.2) is 35.7 Å². The smallest absolute Gasteiger partial charge is 0.335 e. The number of nitrogens with two attached hydrogens (primary N) is 1. The van der Waals surface area contributed by atoms with Crippen LogP contribution in [0.4, 0.5) is 4.39 Å². The molecule has 0 amide bonds. The largest absolute Gasteiger partial charge is 0.479 e. The van der Waals surface area contributed by atoms with E-state index in [9.17, 15) is 4.39 Å². The van der Waals surface area contributed by atoms with Crippen molar-refractivity contribution in [2.45, 2.75) is 45.7 Å². The third kappa shape index (κ3) is 8.72. The summed E-state index contributed by atoms with van der Waals surface area (Å²) < 4.78 is 10.5. The van der Waals surface area contributed by atoms with E-state index in [-0.39, 0.29) is 0 Å². The molecule has 0 atom stereocenters. The highest BCUT2D eigenvalue weighted by Crippen LogP contribution is 2.30. The molecule has 1 saturated carbocycles. The Labute approximate surface area is 187 Å². The molecule has 1 heterocycles. The number of rotatable bonds is 8. The first-order chi connectivity index (χ1) is 14.4. The maximum Gasteiger partial charge on any atom is 0.335 e. The van der Waals surface area contributed by atoms with E-state index < -0.39 is 12.6 Å². The van der Waals surface area contributed by atoms with E-state index in [2.05, 4.69) is 41.5 Å². The Morgan fingerprint density at radius 2 is 1.90 bits per heavy atom. The quantitative estimate of drug-likeness (QED) is 0.551. The second-order valence-corrected chi connectivity index (χ2v) is 9.42. The lowest BCUT2D eigenvalue weighted by Crippen LogP contribution is -2.32. The van der Waals surface area contributed by atoms with Crippen molar-refractivity contribution < 1.29 is 14.3 Å². The summed E-state index contributed by atoms with van der Waals surface area (Å²) in [5.74, 6) is 0.141. The first-order valence-electron chi connectivity index (χ1n) is 10.4. The molecule has 1 aromatic carbocycles. The number of aryl methyl sites for hydroxylation is 1. The monoisotopic (exact) mass is 454 g/mol. The molecule has 1 aliphatic rings. The second-order valence-electron chi connectivity index (χ2n) is 7.98. The van der Waals surface area contributed by atoms with Gasteiger partial charge in [0.15, 0.2) is 6.67 Å². The van der Waals surface area contributed by atoms with Crippen LogP contribution in [0.3, 0.4) is 0 Å². The van der Waals surface area contributed by atoms with Crippen molar-refractivity contribution in [3.8, 4) is 0 Å². The van der Waals surface area contributed by atoms with Gasteiger partial charge in [0.2, 0.25) is 0 Å². The zero-order chi connectivity index (χ0) is 21.9. The Bertz CT molecular complexity index is 765. The first kappa shape index (κ1) is 24.8. The third-order valence-corrected chi connectivity index (χ3v) is 6.80. The van der Waals surface area contributed by atoms with Crippen LogP contribution in [0.1, 0.15) is 41.7 Å². The first-order valence-corrected chi connectivity index (χ1v) is 11.6. The molecular formula is C23H32ClFN2O2S. The van der Waals surface area contributed by atoms with Gasteiger partial charge in [-0.05, 0) is 79.6 Å². The van der Waals surface area contributed by atoms with E-state index in [1.807, 2.05) is 17.4 Å². The molecule has 2 aromatic rings. The molecule has 3 rings (SSSR count). The van der Waals surface area contributed by atoms with Crippen LogP contribution >= 0.6 is 22.9 Å². The number of hydrogen-bond donors (Lipinski definition) is 2. The SMILES string of the molecule is Cc1cc(CN(Cc2cccs2)CC2CCC(CN)CC2)ccc1Cl.O=C(O)CF. The lowest BCUT2D eigenvalue weighted by Gasteiger charge is -2.32. The standard InChI is InChI=1S/C21H29ClN2S.C2H3FO2/c1-16-11-19(8-9-21(16)22)14-24(15-20-3-2-10-25-20)13-18-6-4-17(12-23)5-7-18;3-1-2(4)5/h2-3,8-11,17-18H,4-7,12-15,23H2,1H3;1H2,(H,4,5). The van der Waals surface area contributed by atoms with Gasteiger partial charge in [0, 0.05) is 29.5 Å². The fraction of sp³-hybridized carbons (Fsp3) is 0.522. The molecule has 4 nitrogen and oxygen atoms in total. The van der Waals surface area contributed by atoms with Gasteiger partial charge in [0.1, 0.15) is 0 Å². The molecular weight excluding hydrogens is 423 g/mol. The normalized spacial score (nSPS) is 18.7. The number of alkyl halides is 1. The number of thiophene rings is 1. The maximum atomic E-state index is 10.5. The van der Waals surface area contributed by atoms with Gasteiger partial charge in [-0.2, -0.15) is 0 Å². The minimum Gasteiger partial charge on any atom is -0.479 e. The predicted octanol–water partition coefficient (Wildman–Crippen LogP) is 5.52. The molecule has 0 radical (unpaired) electrons. The number of aliphatic carboxylic acids is 1. The van der Waals surface area contributed by atoms with Crippen molar-refractivity contribution in [3.63, 3.8) is 0 Å². The van der Waals surface area contributed by atoms with Crippen molar-refractivity contribution in [2.24, 2.45) is 17.6 Å². The number of carbonyl (C=O) groups is 1. The Balaban J connectivity index is 0.000000575. The van der Waals surface area contributed by atoms with Gasteiger partial charge in [0.05, 0.1) is 0 Å². The van der Waals surface area contributed by atoms with Crippen molar-refractivity contribution in [3.05, 3.63) is 56.7 Å². The summed E-state index contributed by atoms with van der Waals surface area (Å²) in [5, 5.41) is 10.4. The zero-order valence-corrected chi connectivity index (χ0v) is 19.1. The molecule has 1 aliphatic carbocycles. The Hall–Kier alpha value is -1.47. The van der Waals surface area contributed by atoms with Crippen molar-refractivity contribution in [1.82, 2.24) is 4.90 Å². The number of nitrogens with zero attached hydrogens (tertiary/aromatic N) is 1. The summed E-state index contributed by atoms with van der Waals surface area (Å²) in [5.41, 5.74) is 8.37. The molecule has 0 saturated heterocycles. The van der Waals surface area contributed by atoms with Crippen molar-refractivity contribution >= 4 is 28.9 Å². The van der Waals surface area contributed by atoms with E-state index in [4.69, 9.17) is 27.2 Å². The molecule has 1 fully saturated rings. The van der Waals surface area contributed by atoms with E-state index in [0.717, 1.165) is 36.5 Å². The van der Waals surface area contributed by atoms with Crippen molar-refractivity contribution in [1.29, 1.82) is 0 Å². The fourth-order valence-corrected chi connectivity index (χ4v) is 4.75. The maximum absolute atomic E-state index is 10.5. The third-order valence-electron chi connectivity index (χ3n) is 5.52. The van der Waals surface area contributed by atoms with Crippen LogP contribution < -0.4 is 5.73 Å². The lowest BCUT2D eigenvalue weighted by molar-refractivity contribution is -0.137. The van der Waals surface area contributed by atoms with Gasteiger partial charge >= 0.3 is 5.97 Å². The average Bonchev–Trinajstić information content (AvgIpc) is 3.25. The van der Waals surface area contributed by atoms with Gasteiger partial charge in [-0.15, -0.1) is 11.3 Å². The van der Waals surface area contributed by atoms with E-state index in [0.29, 0.717) is 0 Å². The summed E-state index contributed by atoms with van der Waals surface area (Å²) in [4.78, 5) is 13.1. The zero-order valence-electron chi connectivity index (χ0n) is 17.5. The topological polar surface area (TPSA) is 66.6 Å². The fourth-order valence-electron chi connectivity index (χ4n) is 3.89. The van der Waals surface area contributed by atoms with Crippen LogP contribution in [0.5, 0.6) is 0 Å². The Morgan fingerprint density at radius 1 is 1.23 bits per heavy atom. The summed E-state index contributed by atoms with van der Waals surface area (Å²) >= 11 is 8.05. The van der Waals surface area contributed by atoms with Crippen LogP contribution in [0.15, 0.2) is 35.7 Å². The highest BCUT2D eigenvalue weighted by Gasteiger charge is 2.22. The number of halogens is 2. The van der Waals surface area contributed by atoms with E-state index >= 15 is 0 Å². The number of carboxylic acids is 1. The Morgan fingerprint density at radius 3 is 2.43 bits per heavy atom. The number of benzene rings is 1. The predicted molar refractivity (Wildman–Crippen MR) is 123 cm³/mol. The molecule has 0 unspecified atom stereocenters. The van der Waals surface area contributed by atoms with Crippen molar-refractivity contribution in [2.75, 3.05) is 19.8 Å². The van der Waals surface area contributed by atoms with E-state index in [1.54, 1.807) is 0 Å². The summed E-state index contributed by atoms with van der Waals surface area (Å²) in [6, 6.07) is 10.8. The number of hydrogen-bond acceptors (Lipinski definition) is 4. The highest BCUT2D eigenvalue weighted by atomic mass is 35.5. The Kier molecular flexibility index (Phi) is 10.8. The summed E-state index contributed by atoms with van der Waals surface area (Å²) in [6.45, 7) is 4.87. The molecule has 166 valence electrons. The second kappa shape index (κ2) is 13.1. The van der Waals surface area contributed by atoms with Crippen LogP contribution in [0.2, 0.25) is 5.02 Å². The van der Waals surface area contributed by atoms with Gasteiger partial charge in [0.25, 0.3) is 0 Å². The molecule has 0 bridgehead atoms. The molecule has 7 heteroatoms. The van der Waals surface area contributed by atoms with Crippen LogP contribution in [0, 0.1) is 18.8 Å². The average molecular weight is 455 g/mol. The highest BCUT2D eigenvalue weighted by molar-refractivity contribution is 7.09. The van der Waals surface area contributed by atoms with E-state index in [1.165, 1.54) is 48.2 Å². The van der Waals surface area contributed by atoms with Crippen LogP contribution in [0.25, 0.3) is 0 Å². The van der Waals surface area contributed by atoms with Gasteiger partial charge in [-0.3, -0.25) is 4.90 Å². The summed E-state index contributed by atoms with van der Waals surface area (Å²) in [6.07, 6.45) is 5.24. The molecule has 0 aliphatic heterocycles. The molecule has 3 N–H and O–H groups in total. The van der Waals surface area contributed by atoms with Gasteiger partial charge < -0.3 is 10.8 Å². The van der Waals surface area contributed by atoms with Gasteiger partial charge in [-0.25, -0.2) is 9.18 Å². The molecule has 1 aromatic heterocycles. The minimum atomic E-state index is -1.41. The minimum absolute atomic E-state index is 0.751. The van der Waals surface area contributed by atoms with Gasteiger partial charge in [-0.1, -0.05) is 29.8 Å². The number of carboxylic acid groups (broad SMARTS) is 1. The van der Waals surface area contributed by atoms with Crippen LogP contribution in [-0.2, 0) is 17.9 Å².